The fourth-order valence-corrected chi connectivity index (χ4v) is 3.53. The van der Waals surface area contributed by atoms with Crippen molar-refractivity contribution in [2.24, 2.45) is 0 Å². The Morgan fingerprint density at radius 2 is 2.14 bits per heavy atom. The summed E-state index contributed by atoms with van der Waals surface area (Å²) >= 11 is 1.40. The molecule has 1 heterocycles. The van der Waals surface area contributed by atoms with Gasteiger partial charge < -0.3 is 5.11 Å². The number of rotatable bonds is 8. The summed E-state index contributed by atoms with van der Waals surface area (Å²) in [5.41, 5.74) is -1.25. The summed E-state index contributed by atoms with van der Waals surface area (Å²) in [5.74, 6) is -0.876. The van der Waals surface area contributed by atoms with Crippen molar-refractivity contribution in [2.45, 2.75) is 69.6 Å². The van der Waals surface area contributed by atoms with Crippen molar-refractivity contribution in [1.29, 1.82) is 0 Å². The number of thioether (sulfide) groups is 1. The van der Waals surface area contributed by atoms with Crippen molar-refractivity contribution in [2.75, 3.05) is 0 Å². The summed E-state index contributed by atoms with van der Waals surface area (Å²) in [7, 11) is 0. The van der Waals surface area contributed by atoms with Crippen molar-refractivity contribution in [3.05, 3.63) is 10.5 Å². The number of aliphatic carboxylic acids is 1. The Labute approximate surface area is 128 Å². The van der Waals surface area contributed by atoms with E-state index in [1.165, 1.54) is 16.3 Å². The van der Waals surface area contributed by atoms with Gasteiger partial charge in [0, 0.05) is 17.8 Å². The fraction of sp³-hybridized carbons (Fsp3) is 0.769. The molecule has 0 saturated carbocycles. The molecule has 1 aromatic heterocycles. The molecule has 1 aromatic rings. The molecule has 21 heavy (non-hydrogen) atoms. The van der Waals surface area contributed by atoms with Crippen LogP contribution in [0.1, 0.15) is 41.0 Å². The molecule has 3 N–H and O–H groups in total. The molecule has 0 aliphatic heterocycles. The van der Waals surface area contributed by atoms with Gasteiger partial charge in [0.25, 0.3) is 0 Å². The third-order valence-electron chi connectivity index (χ3n) is 3.12. The van der Waals surface area contributed by atoms with Crippen LogP contribution in [0.25, 0.3) is 0 Å². The second kappa shape index (κ2) is 7.13. The highest BCUT2D eigenvalue weighted by Crippen LogP contribution is 2.27. The van der Waals surface area contributed by atoms with Gasteiger partial charge in [0.05, 0.1) is 0 Å². The highest BCUT2D eigenvalue weighted by Gasteiger charge is 2.35. The number of hydrogen-bond acceptors (Lipinski definition) is 5. The first-order chi connectivity index (χ1) is 9.69. The third-order valence-corrected chi connectivity index (χ3v) is 4.21. The molecule has 1 rings (SSSR count). The van der Waals surface area contributed by atoms with E-state index in [0.29, 0.717) is 18.1 Å². The van der Waals surface area contributed by atoms with Gasteiger partial charge in [-0.25, -0.2) is 9.89 Å². The normalized spacial score (nSPS) is 15.9. The molecular weight excluding hydrogens is 292 g/mol. The Kier molecular flexibility index (Phi) is 6.03. The van der Waals surface area contributed by atoms with Crippen molar-refractivity contribution in [3.63, 3.8) is 0 Å². The standard InChI is InChI=1S/C13H24N4O3S/c1-6-17-11(20)15-16-12(17)21-9(4)7-13(5,10(18)19)14-8(2)3/h8-9,14H,6-7H2,1-5H3,(H,15,20)(H,18,19). The first-order valence-electron chi connectivity index (χ1n) is 7.02. The van der Waals surface area contributed by atoms with Crippen LogP contribution in [0.5, 0.6) is 0 Å². The lowest BCUT2D eigenvalue weighted by Crippen LogP contribution is -2.53. The molecule has 0 spiro atoms. The van der Waals surface area contributed by atoms with Crippen LogP contribution in [-0.2, 0) is 11.3 Å². The lowest BCUT2D eigenvalue weighted by atomic mass is 9.95. The minimum Gasteiger partial charge on any atom is -0.480 e. The monoisotopic (exact) mass is 316 g/mol. The van der Waals surface area contributed by atoms with Crippen LogP contribution in [0.15, 0.2) is 9.95 Å². The van der Waals surface area contributed by atoms with Gasteiger partial charge in [0.1, 0.15) is 5.54 Å². The van der Waals surface area contributed by atoms with Crippen LogP contribution in [0.4, 0.5) is 0 Å². The maximum absolute atomic E-state index is 11.5. The second-order valence-electron chi connectivity index (χ2n) is 5.62. The molecule has 0 aromatic carbocycles. The molecule has 0 radical (unpaired) electrons. The van der Waals surface area contributed by atoms with E-state index in [-0.39, 0.29) is 17.0 Å². The molecule has 2 atom stereocenters. The topological polar surface area (TPSA) is 100 Å². The highest BCUT2D eigenvalue weighted by molar-refractivity contribution is 7.99. The van der Waals surface area contributed by atoms with Crippen LogP contribution in [-0.4, -0.2) is 42.7 Å². The molecular formula is C13H24N4O3S. The van der Waals surface area contributed by atoms with Crippen LogP contribution in [0, 0.1) is 0 Å². The molecule has 8 heteroatoms. The molecule has 120 valence electrons. The van der Waals surface area contributed by atoms with Gasteiger partial charge in [0.2, 0.25) is 0 Å². The molecule has 0 saturated heterocycles. The van der Waals surface area contributed by atoms with Crippen molar-refractivity contribution in [3.8, 4) is 0 Å². The molecule has 0 aliphatic rings. The predicted octanol–water partition coefficient (Wildman–Crippen LogP) is 1.30. The zero-order chi connectivity index (χ0) is 16.2. The Bertz CT molecular complexity index is 540. The summed E-state index contributed by atoms with van der Waals surface area (Å²) in [6, 6.07) is 0.0718. The third kappa shape index (κ3) is 4.60. The van der Waals surface area contributed by atoms with Crippen molar-refractivity contribution >= 4 is 17.7 Å². The SMILES string of the molecule is CCn1c(SC(C)CC(C)(NC(C)C)C(=O)O)n[nH]c1=O. The Balaban J connectivity index is 2.81. The van der Waals surface area contributed by atoms with Gasteiger partial charge in [-0.2, -0.15) is 0 Å². The van der Waals surface area contributed by atoms with Gasteiger partial charge in [-0.1, -0.05) is 18.7 Å². The number of nitrogens with one attached hydrogen (secondary N) is 2. The minimum absolute atomic E-state index is 0.00199. The lowest BCUT2D eigenvalue weighted by molar-refractivity contribution is -0.144. The molecule has 0 fully saturated rings. The second-order valence-corrected chi connectivity index (χ2v) is 7.03. The number of carbonyl (C=O) groups is 1. The van der Waals surface area contributed by atoms with Crippen LogP contribution < -0.4 is 11.0 Å². The molecule has 2 unspecified atom stereocenters. The van der Waals surface area contributed by atoms with Crippen LogP contribution >= 0.6 is 11.8 Å². The molecule has 0 aliphatic carbocycles. The number of carboxylic acids is 1. The van der Waals surface area contributed by atoms with E-state index in [9.17, 15) is 14.7 Å². The van der Waals surface area contributed by atoms with E-state index in [1.807, 2.05) is 27.7 Å². The number of carboxylic acid groups (broad SMARTS) is 1. The molecule has 0 amide bonds. The number of aromatic nitrogens is 3. The minimum atomic E-state index is -1.01. The zero-order valence-corrected chi connectivity index (χ0v) is 14.0. The van der Waals surface area contributed by atoms with E-state index in [2.05, 4.69) is 15.5 Å². The summed E-state index contributed by atoms with van der Waals surface area (Å²) < 4.78 is 1.54. The Morgan fingerprint density at radius 3 is 2.62 bits per heavy atom. The van der Waals surface area contributed by atoms with Crippen LogP contribution in [0.2, 0.25) is 0 Å². The van der Waals surface area contributed by atoms with Gasteiger partial charge in [-0.05, 0) is 34.1 Å². The van der Waals surface area contributed by atoms with E-state index in [1.54, 1.807) is 6.92 Å². The Morgan fingerprint density at radius 1 is 1.52 bits per heavy atom. The van der Waals surface area contributed by atoms with Gasteiger partial charge >= 0.3 is 11.7 Å². The number of nitrogens with zero attached hydrogens (tertiary/aromatic N) is 2. The summed E-state index contributed by atoms with van der Waals surface area (Å²) in [4.78, 5) is 23.0. The summed E-state index contributed by atoms with van der Waals surface area (Å²) in [6.45, 7) is 9.86. The van der Waals surface area contributed by atoms with E-state index in [0.717, 1.165) is 0 Å². The van der Waals surface area contributed by atoms with Crippen molar-refractivity contribution < 1.29 is 9.90 Å². The van der Waals surface area contributed by atoms with E-state index >= 15 is 0 Å². The zero-order valence-electron chi connectivity index (χ0n) is 13.1. The maximum Gasteiger partial charge on any atom is 0.343 e. The van der Waals surface area contributed by atoms with Gasteiger partial charge in [-0.3, -0.25) is 14.7 Å². The number of aromatic amines is 1. The first-order valence-corrected chi connectivity index (χ1v) is 7.90. The average Bonchev–Trinajstić information content (AvgIpc) is 2.68. The Hall–Kier alpha value is -1.28. The quantitative estimate of drug-likeness (QED) is 0.625. The van der Waals surface area contributed by atoms with Gasteiger partial charge in [0.15, 0.2) is 5.16 Å². The first kappa shape index (κ1) is 17.8. The molecule has 0 bridgehead atoms. The number of hydrogen-bond donors (Lipinski definition) is 3. The highest BCUT2D eigenvalue weighted by atomic mass is 32.2. The lowest BCUT2D eigenvalue weighted by Gasteiger charge is -2.30. The predicted molar refractivity (Wildman–Crippen MR) is 82.8 cm³/mol. The van der Waals surface area contributed by atoms with Crippen LogP contribution in [0.3, 0.4) is 0 Å². The smallest absolute Gasteiger partial charge is 0.343 e. The van der Waals surface area contributed by atoms with E-state index in [4.69, 9.17) is 0 Å². The fourth-order valence-electron chi connectivity index (χ4n) is 2.31. The molecule has 7 nitrogen and oxygen atoms in total. The summed E-state index contributed by atoms with van der Waals surface area (Å²) in [5, 5.41) is 19.5. The summed E-state index contributed by atoms with van der Waals surface area (Å²) in [6.07, 6.45) is 0.427. The van der Waals surface area contributed by atoms with Crippen molar-refractivity contribution in [1.82, 2.24) is 20.1 Å². The number of H-pyrrole nitrogens is 1. The van der Waals surface area contributed by atoms with Gasteiger partial charge in [-0.15, -0.1) is 5.10 Å². The average molecular weight is 316 g/mol. The maximum atomic E-state index is 11.5. The largest absolute Gasteiger partial charge is 0.480 e. The van der Waals surface area contributed by atoms with E-state index < -0.39 is 11.5 Å².